The normalized spacial score (nSPS) is 38.3. The van der Waals surface area contributed by atoms with Gasteiger partial charge in [-0.2, -0.15) is 0 Å². The first kappa shape index (κ1) is 24.0. The molecule has 4 aliphatic rings. The topological polar surface area (TPSA) is 97.1 Å². The number of fused-ring (bicyclic) bond motifs is 4. The SMILES string of the molecule is CN(C)[C@H]1C[C@]2(O)CCC3=C(C=C2[C@@H](O)[C@@H]1O)C(O)C[C@]1(C)C(c2ccc4cnccc4c2)=CCC31. The lowest BCUT2D eigenvalue weighted by Gasteiger charge is -2.46. The third-order valence-corrected chi connectivity index (χ3v) is 9.56. The van der Waals surface area contributed by atoms with E-state index in [1.807, 2.05) is 43.5 Å². The first-order valence-corrected chi connectivity index (χ1v) is 13.1. The number of pyridine rings is 1. The summed E-state index contributed by atoms with van der Waals surface area (Å²) < 4.78 is 0. The second kappa shape index (κ2) is 8.33. The fraction of sp³-hybridized carbons (Fsp3) is 0.500. The molecule has 0 spiro atoms. The smallest absolute Gasteiger partial charge is 0.105 e. The zero-order valence-corrected chi connectivity index (χ0v) is 21.2. The number of aliphatic hydroxyl groups excluding tert-OH is 3. The number of aromatic nitrogens is 1. The summed E-state index contributed by atoms with van der Waals surface area (Å²) in [5.41, 5.74) is 3.50. The Balaban J connectivity index is 1.38. The third kappa shape index (κ3) is 3.46. The highest BCUT2D eigenvalue weighted by Gasteiger charge is 2.53. The number of nitrogens with zero attached hydrogens (tertiary/aromatic N) is 2. The van der Waals surface area contributed by atoms with E-state index in [4.69, 9.17) is 0 Å². The zero-order chi connectivity index (χ0) is 25.4. The third-order valence-electron chi connectivity index (χ3n) is 9.56. The van der Waals surface area contributed by atoms with Gasteiger partial charge in [-0.05, 0) is 91.9 Å². The maximum Gasteiger partial charge on any atom is 0.105 e. The van der Waals surface area contributed by atoms with Gasteiger partial charge in [0.2, 0.25) is 0 Å². The largest absolute Gasteiger partial charge is 0.388 e. The number of hydrogen-bond acceptors (Lipinski definition) is 6. The average molecular weight is 489 g/mol. The van der Waals surface area contributed by atoms with Crippen LogP contribution in [0, 0.1) is 11.3 Å². The van der Waals surface area contributed by atoms with Crippen molar-refractivity contribution >= 4 is 16.3 Å². The van der Waals surface area contributed by atoms with E-state index in [1.54, 1.807) is 0 Å². The van der Waals surface area contributed by atoms with E-state index >= 15 is 0 Å². The molecule has 6 rings (SSSR count). The second-order valence-electron chi connectivity index (χ2n) is 11.8. The van der Waals surface area contributed by atoms with Crippen molar-refractivity contribution in [3.63, 3.8) is 0 Å². The van der Waals surface area contributed by atoms with E-state index in [2.05, 4.69) is 36.2 Å². The van der Waals surface area contributed by atoms with Crippen molar-refractivity contribution < 1.29 is 20.4 Å². The van der Waals surface area contributed by atoms with Crippen LogP contribution in [0.3, 0.4) is 0 Å². The number of rotatable bonds is 2. The maximum absolute atomic E-state index is 11.8. The molecule has 0 amide bonds. The standard InChI is InChI=1S/C30H36N2O4/c1-29-15-26(33)21-13-24-27(34)28(35)25(32(2)3)14-30(24,36)10-8-20(21)23(29)7-6-22(29)18-4-5-19-16-31-11-9-17(19)12-18/h4-6,9,11-13,16,23,25-28,33-36H,7-8,10,14-15H2,1-3H3/t23?,25-,26?,27+,28+,29+,30+/m0/s1. The van der Waals surface area contributed by atoms with Crippen LogP contribution in [0.2, 0.25) is 0 Å². The maximum atomic E-state index is 11.8. The van der Waals surface area contributed by atoms with E-state index in [-0.39, 0.29) is 17.4 Å². The Morgan fingerprint density at radius 1 is 1.06 bits per heavy atom. The van der Waals surface area contributed by atoms with Crippen LogP contribution in [-0.2, 0) is 0 Å². The molecule has 2 aromatic rings. The van der Waals surface area contributed by atoms with Gasteiger partial charge in [-0.25, -0.2) is 0 Å². The van der Waals surface area contributed by atoms with Crippen molar-refractivity contribution in [2.75, 3.05) is 14.1 Å². The van der Waals surface area contributed by atoms with Crippen molar-refractivity contribution in [2.24, 2.45) is 11.3 Å². The number of hydrogen-bond donors (Lipinski definition) is 4. The van der Waals surface area contributed by atoms with Gasteiger partial charge < -0.3 is 25.3 Å². The molecule has 4 aliphatic carbocycles. The monoisotopic (exact) mass is 488 g/mol. The van der Waals surface area contributed by atoms with Gasteiger partial charge in [0.1, 0.15) is 6.10 Å². The molecule has 1 fully saturated rings. The molecule has 4 N–H and O–H groups in total. The van der Waals surface area contributed by atoms with E-state index in [9.17, 15) is 20.4 Å². The summed E-state index contributed by atoms with van der Waals surface area (Å²) in [5.74, 6) is 0.228. The van der Waals surface area contributed by atoms with Crippen LogP contribution in [-0.4, -0.2) is 74.4 Å². The molecule has 0 bridgehead atoms. The van der Waals surface area contributed by atoms with Crippen LogP contribution in [0.15, 0.2) is 65.5 Å². The first-order chi connectivity index (χ1) is 17.1. The van der Waals surface area contributed by atoms with Crippen LogP contribution < -0.4 is 0 Å². The Kier molecular flexibility index (Phi) is 5.56. The molecule has 1 saturated carbocycles. The minimum atomic E-state index is -1.21. The highest BCUT2D eigenvalue weighted by molar-refractivity contribution is 5.87. The molecule has 0 radical (unpaired) electrons. The van der Waals surface area contributed by atoms with Crippen LogP contribution >= 0.6 is 0 Å². The Labute approximate surface area is 212 Å². The highest BCUT2D eigenvalue weighted by atomic mass is 16.3. The van der Waals surface area contributed by atoms with Gasteiger partial charge in [0.25, 0.3) is 0 Å². The van der Waals surface area contributed by atoms with E-state index in [0.717, 1.165) is 22.8 Å². The molecule has 0 saturated heterocycles. The van der Waals surface area contributed by atoms with Crippen LogP contribution in [0.1, 0.15) is 44.6 Å². The Morgan fingerprint density at radius 2 is 1.86 bits per heavy atom. The van der Waals surface area contributed by atoms with Crippen molar-refractivity contribution in [3.05, 3.63) is 71.1 Å². The molecule has 1 aromatic carbocycles. The summed E-state index contributed by atoms with van der Waals surface area (Å²) in [4.78, 5) is 6.10. The number of likely N-dealkylation sites (N-methyl/N-ethyl adjacent to an activating group) is 1. The summed E-state index contributed by atoms with van der Waals surface area (Å²) in [5, 5.41) is 47.3. The van der Waals surface area contributed by atoms with E-state index in [0.29, 0.717) is 31.3 Å². The molecule has 2 unspecified atom stereocenters. The van der Waals surface area contributed by atoms with Crippen LogP contribution in [0.25, 0.3) is 16.3 Å². The molecule has 0 aliphatic heterocycles. The fourth-order valence-electron chi connectivity index (χ4n) is 7.55. The van der Waals surface area contributed by atoms with Gasteiger partial charge in [-0.15, -0.1) is 0 Å². The predicted octanol–water partition coefficient (Wildman–Crippen LogP) is 3.21. The minimum Gasteiger partial charge on any atom is -0.388 e. The molecular formula is C30H36N2O4. The molecule has 190 valence electrons. The number of benzene rings is 1. The highest BCUT2D eigenvalue weighted by Crippen LogP contribution is 2.60. The van der Waals surface area contributed by atoms with Gasteiger partial charge >= 0.3 is 0 Å². The van der Waals surface area contributed by atoms with Crippen molar-refractivity contribution in [3.8, 4) is 0 Å². The van der Waals surface area contributed by atoms with Crippen LogP contribution in [0.4, 0.5) is 0 Å². The van der Waals surface area contributed by atoms with E-state index < -0.39 is 23.9 Å². The zero-order valence-electron chi connectivity index (χ0n) is 21.2. The number of aliphatic hydroxyl groups is 4. The quantitative estimate of drug-likeness (QED) is 0.518. The minimum absolute atomic E-state index is 0.222. The Hall–Kier alpha value is -2.35. The van der Waals surface area contributed by atoms with Crippen molar-refractivity contribution in [2.45, 2.75) is 69.0 Å². The van der Waals surface area contributed by atoms with Gasteiger partial charge in [-0.1, -0.05) is 36.8 Å². The Morgan fingerprint density at radius 3 is 2.64 bits per heavy atom. The second-order valence-corrected chi connectivity index (χ2v) is 11.8. The summed E-state index contributed by atoms with van der Waals surface area (Å²) in [6.45, 7) is 2.26. The lowest BCUT2D eigenvalue weighted by Crippen LogP contribution is -2.58. The molecule has 36 heavy (non-hydrogen) atoms. The average Bonchev–Trinajstić information content (AvgIpc) is 3.10. The Bertz CT molecular complexity index is 1310. The van der Waals surface area contributed by atoms with Crippen LogP contribution in [0.5, 0.6) is 0 Å². The lowest BCUT2D eigenvalue weighted by molar-refractivity contribution is -0.0922. The first-order valence-electron chi connectivity index (χ1n) is 13.1. The predicted molar refractivity (Wildman–Crippen MR) is 140 cm³/mol. The van der Waals surface area contributed by atoms with Gasteiger partial charge in [0.05, 0.1) is 17.8 Å². The molecule has 6 heteroatoms. The summed E-state index contributed by atoms with van der Waals surface area (Å²) in [6.07, 6.45) is 7.98. The van der Waals surface area contributed by atoms with Gasteiger partial charge in [0.15, 0.2) is 0 Å². The lowest BCUT2D eigenvalue weighted by atomic mass is 9.61. The molecule has 7 atom stereocenters. The molecule has 1 aromatic heterocycles. The fourth-order valence-corrected chi connectivity index (χ4v) is 7.55. The molecular weight excluding hydrogens is 452 g/mol. The van der Waals surface area contributed by atoms with Gasteiger partial charge in [-0.3, -0.25) is 4.98 Å². The number of allylic oxidation sites excluding steroid dienone is 3. The summed E-state index contributed by atoms with van der Waals surface area (Å²) in [7, 11) is 3.73. The van der Waals surface area contributed by atoms with Crippen molar-refractivity contribution in [1.82, 2.24) is 9.88 Å². The summed E-state index contributed by atoms with van der Waals surface area (Å²) >= 11 is 0. The van der Waals surface area contributed by atoms with E-state index in [1.165, 1.54) is 16.7 Å². The molecule has 6 nitrogen and oxygen atoms in total. The van der Waals surface area contributed by atoms with Crippen molar-refractivity contribution in [1.29, 1.82) is 0 Å². The summed E-state index contributed by atoms with van der Waals surface area (Å²) in [6, 6.07) is 8.19. The molecule has 1 heterocycles. The van der Waals surface area contributed by atoms with Gasteiger partial charge in [0, 0.05) is 29.2 Å².